The molecule has 2 heterocycles. The molecule has 96 valence electrons. The van der Waals surface area contributed by atoms with Crippen LogP contribution < -0.4 is 4.90 Å². The Morgan fingerprint density at radius 3 is 3.12 bits per heavy atom. The van der Waals surface area contributed by atoms with E-state index >= 15 is 0 Å². The molecule has 0 saturated carbocycles. The standard InChI is InChI=1S/C15H25NO/c1-11-5-6-12-8-14(11)15(17-10-12)13-4-3-7-16(2)9-13/h5,12-15H,3-4,6-10H2,1-2H3/p+1/t12-,13?,14+,15-/m0/s1. The van der Waals surface area contributed by atoms with Crippen LogP contribution in [0.5, 0.6) is 0 Å². The van der Waals surface area contributed by atoms with E-state index in [-0.39, 0.29) is 0 Å². The van der Waals surface area contributed by atoms with Crippen molar-refractivity contribution in [1.29, 1.82) is 0 Å². The Hall–Kier alpha value is -0.340. The van der Waals surface area contributed by atoms with Gasteiger partial charge in [-0.3, -0.25) is 0 Å². The van der Waals surface area contributed by atoms with Gasteiger partial charge >= 0.3 is 0 Å². The third-order valence-electron chi connectivity index (χ3n) is 5.12. The molecule has 0 amide bonds. The van der Waals surface area contributed by atoms with Crippen LogP contribution in [0.4, 0.5) is 0 Å². The number of hydrogen-bond donors (Lipinski definition) is 1. The first-order chi connectivity index (χ1) is 8.24. The van der Waals surface area contributed by atoms with Crippen LogP contribution >= 0.6 is 0 Å². The van der Waals surface area contributed by atoms with Crippen molar-refractivity contribution >= 4 is 0 Å². The number of ether oxygens (including phenoxy) is 1. The van der Waals surface area contributed by atoms with Crippen LogP contribution in [-0.2, 0) is 4.74 Å². The summed E-state index contributed by atoms with van der Waals surface area (Å²) in [4.78, 5) is 1.70. The van der Waals surface area contributed by atoms with Crippen LogP contribution in [0.1, 0.15) is 32.6 Å². The first kappa shape index (κ1) is 11.7. The van der Waals surface area contributed by atoms with Crippen LogP contribution in [0.15, 0.2) is 11.6 Å². The molecule has 5 atom stereocenters. The summed E-state index contributed by atoms with van der Waals surface area (Å²) in [6.07, 6.45) is 8.42. The zero-order valence-corrected chi connectivity index (χ0v) is 11.2. The SMILES string of the molecule is CC1=CC[C@@H]2CO[C@@H](C3CCC[NH+](C)C3)[C@@H]1C2. The van der Waals surface area contributed by atoms with Gasteiger partial charge in [0.15, 0.2) is 0 Å². The van der Waals surface area contributed by atoms with Gasteiger partial charge in [-0.15, -0.1) is 0 Å². The number of fused-ring (bicyclic) bond motifs is 2. The molecule has 0 radical (unpaired) electrons. The van der Waals surface area contributed by atoms with Crippen LogP contribution in [0, 0.1) is 17.8 Å². The van der Waals surface area contributed by atoms with Crippen LogP contribution in [0.2, 0.25) is 0 Å². The summed E-state index contributed by atoms with van der Waals surface area (Å²) in [5.74, 6) is 2.35. The molecule has 1 N–H and O–H groups in total. The quantitative estimate of drug-likeness (QED) is 0.677. The van der Waals surface area contributed by atoms with Crippen molar-refractivity contribution in [3.63, 3.8) is 0 Å². The maximum absolute atomic E-state index is 6.25. The average Bonchev–Trinajstić information content (AvgIpc) is 2.34. The summed E-state index contributed by atoms with van der Waals surface area (Å²) in [7, 11) is 2.33. The molecule has 0 aromatic rings. The molecule has 3 rings (SSSR count). The topological polar surface area (TPSA) is 13.7 Å². The van der Waals surface area contributed by atoms with E-state index in [1.165, 1.54) is 38.8 Å². The summed E-state index contributed by atoms with van der Waals surface area (Å²) in [6.45, 7) is 6.01. The fourth-order valence-corrected chi connectivity index (χ4v) is 4.10. The zero-order chi connectivity index (χ0) is 11.8. The largest absolute Gasteiger partial charge is 0.377 e. The predicted octanol–water partition coefficient (Wildman–Crippen LogP) is 1.28. The highest BCUT2D eigenvalue weighted by Crippen LogP contribution is 2.40. The lowest BCUT2D eigenvalue weighted by atomic mass is 9.72. The monoisotopic (exact) mass is 236 g/mol. The first-order valence-electron chi connectivity index (χ1n) is 7.33. The van der Waals surface area contributed by atoms with Gasteiger partial charge in [0.2, 0.25) is 0 Å². The Morgan fingerprint density at radius 2 is 2.29 bits per heavy atom. The van der Waals surface area contributed by atoms with E-state index < -0.39 is 0 Å². The van der Waals surface area contributed by atoms with Crippen molar-refractivity contribution in [3.05, 3.63) is 11.6 Å². The van der Waals surface area contributed by atoms with Gasteiger partial charge in [0.1, 0.15) is 0 Å². The van der Waals surface area contributed by atoms with Crippen molar-refractivity contribution < 1.29 is 9.64 Å². The van der Waals surface area contributed by atoms with Crippen LogP contribution in [-0.4, -0.2) is 32.8 Å². The van der Waals surface area contributed by atoms with Crippen molar-refractivity contribution in [2.75, 3.05) is 26.7 Å². The fraction of sp³-hybridized carbons (Fsp3) is 0.867. The minimum absolute atomic E-state index is 0.526. The minimum Gasteiger partial charge on any atom is -0.377 e. The van der Waals surface area contributed by atoms with Crippen LogP contribution in [0.3, 0.4) is 0 Å². The van der Waals surface area contributed by atoms with Gasteiger partial charge in [-0.05, 0) is 38.5 Å². The predicted molar refractivity (Wildman–Crippen MR) is 69.1 cm³/mol. The maximum Gasteiger partial charge on any atom is 0.0822 e. The lowest BCUT2D eigenvalue weighted by molar-refractivity contribution is -0.889. The van der Waals surface area contributed by atoms with Gasteiger partial charge in [0, 0.05) is 11.8 Å². The van der Waals surface area contributed by atoms with Gasteiger partial charge in [0.25, 0.3) is 0 Å². The summed E-state index contributed by atoms with van der Waals surface area (Å²) in [6, 6.07) is 0. The summed E-state index contributed by atoms with van der Waals surface area (Å²) in [5.41, 5.74) is 1.61. The van der Waals surface area contributed by atoms with Gasteiger partial charge < -0.3 is 9.64 Å². The molecule has 1 aliphatic carbocycles. The molecule has 2 aliphatic heterocycles. The maximum atomic E-state index is 6.25. The van der Waals surface area contributed by atoms with E-state index in [0.29, 0.717) is 6.10 Å². The van der Waals surface area contributed by atoms with Gasteiger partial charge in [-0.25, -0.2) is 0 Å². The Morgan fingerprint density at radius 1 is 1.41 bits per heavy atom. The molecule has 2 bridgehead atoms. The highest BCUT2D eigenvalue weighted by Gasteiger charge is 2.40. The normalized spacial score (nSPS) is 46.5. The molecule has 0 aromatic heterocycles. The Labute approximate surface area is 105 Å². The van der Waals surface area contributed by atoms with Crippen molar-refractivity contribution in [2.45, 2.75) is 38.7 Å². The second-order valence-electron chi connectivity index (χ2n) is 6.50. The minimum atomic E-state index is 0.526. The third-order valence-corrected chi connectivity index (χ3v) is 5.12. The number of quaternary nitrogens is 1. The van der Waals surface area contributed by atoms with E-state index in [0.717, 1.165) is 24.4 Å². The molecule has 0 spiro atoms. The summed E-state index contributed by atoms with van der Waals surface area (Å²) in [5, 5.41) is 0. The Bertz CT molecular complexity index is 312. The average molecular weight is 236 g/mol. The fourth-order valence-electron chi connectivity index (χ4n) is 4.10. The van der Waals surface area contributed by atoms with Crippen molar-refractivity contribution in [3.8, 4) is 0 Å². The van der Waals surface area contributed by atoms with Gasteiger partial charge in [0.05, 0.1) is 32.8 Å². The van der Waals surface area contributed by atoms with Crippen molar-refractivity contribution in [2.24, 2.45) is 17.8 Å². The number of piperidine rings is 1. The molecule has 3 aliphatic rings. The zero-order valence-electron chi connectivity index (χ0n) is 11.2. The van der Waals surface area contributed by atoms with Crippen molar-refractivity contribution in [1.82, 2.24) is 0 Å². The lowest BCUT2D eigenvalue weighted by Crippen LogP contribution is -3.11. The molecule has 2 heteroatoms. The Balaban J connectivity index is 1.73. The number of allylic oxidation sites excluding steroid dienone is 1. The number of hydrogen-bond acceptors (Lipinski definition) is 1. The third kappa shape index (κ3) is 2.30. The molecular weight excluding hydrogens is 210 g/mol. The van der Waals surface area contributed by atoms with E-state index in [1.54, 1.807) is 10.5 Å². The molecule has 0 aromatic carbocycles. The molecule has 2 saturated heterocycles. The molecule has 17 heavy (non-hydrogen) atoms. The van der Waals surface area contributed by atoms with E-state index in [9.17, 15) is 0 Å². The molecule has 2 nitrogen and oxygen atoms in total. The highest BCUT2D eigenvalue weighted by molar-refractivity contribution is 5.13. The summed E-state index contributed by atoms with van der Waals surface area (Å²) >= 11 is 0. The molecule has 2 fully saturated rings. The first-order valence-corrected chi connectivity index (χ1v) is 7.33. The number of rotatable bonds is 1. The smallest absolute Gasteiger partial charge is 0.0822 e. The molecular formula is C15H26NO+. The van der Waals surface area contributed by atoms with Gasteiger partial charge in [-0.1, -0.05) is 11.6 Å². The van der Waals surface area contributed by atoms with E-state index in [1.807, 2.05) is 0 Å². The number of nitrogens with one attached hydrogen (secondary N) is 1. The Kier molecular flexibility index (Phi) is 3.27. The number of likely N-dealkylation sites (tertiary alicyclic amines) is 1. The van der Waals surface area contributed by atoms with Gasteiger partial charge in [-0.2, -0.15) is 0 Å². The second-order valence-corrected chi connectivity index (χ2v) is 6.50. The molecule has 2 unspecified atom stereocenters. The summed E-state index contributed by atoms with van der Waals surface area (Å²) < 4.78 is 6.25. The lowest BCUT2D eigenvalue weighted by Gasteiger charge is -2.44. The van der Waals surface area contributed by atoms with Crippen LogP contribution in [0.25, 0.3) is 0 Å². The van der Waals surface area contributed by atoms with E-state index in [2.05, 4.69) is 20.0 Å². The second kappa shape index (κ2) is 4.74. The highest BCUT2D eigenvalue weighted by atomic mass is 16.5. The van der Waals surface area contributed by atoms with E-state index in [4.69, 9.17) is 4.74 Å².